The smallest absolute Gasteiger partial charge is 0.320 e. The van der Waals surface area contributed by atoms with Gasteiger partial charge in [-0.25, -0.2) is 4.79 Å². The fraction of sp³-hybridized carbons (Fsp3) is 0.857. The number of urea groups is 1. The molecule has 0 bridgehead atoms. The number of aliphatic carboxylic acids is 1. The molecule has 2 amide bonds. The summed E-state index contributed by atoms with van der Waals surface area (Å²) < 4.78 is 0. The van der Waals surface area contributed by atoms with Gasteiger partial charge in [-0.15, -0.1) is 0 Å². The fourth-order valence-corrected chi connectivity index (χ4v) is 2.81. The summed E-state index contributed by atoms with van der Waals surface area (Å²) in [5.41, 5.74) is 0. The Morgan fingerprint density at radius 3 is 2.24 bits per heavy atom. The first-order valence-corrected chi connectivity index (χ1v) is 7.58. The number of carboxylic acid groups (broad SMARTS) is 1. The van der Waals surface area contributed by atoms with Crippen LogP contribution in [-0.4, -0.2) is 103 Å². The standard InChI is InChI=1S/C14H26N4O3/c1-15(2)3-4-16-5-7-17(8-6-16)14(21)18-10-12(11-18)9-13(19)20/h12H,3-11H2,1-2H3,(H,19,20). The predicted octanol–water partition coefficient (Wildman–Crippen LogP) is -0.308. The number of likely N-dealkylation sites (tertiary alicyclic amines) is 1. The lowest BCUT2D eigenvalue weighted by Gasteiger charge is -2.43. The number of rotatable bonds is 5. The van der Waals surface area contributed by atoms with Crippen LogP contribution in [0.2, 0.25) is 0 Å². The van der Waals surface area contributed by atoms with Gasteiger partial charge in [0.05, 0.1) is 6.42 Å². The maximum atomic E-state index is 12.3. The largest absolute Gasteiger partial charge is 0.481 e. The molecule has 0 aromatic heterocycles. The van der Waals surface area contributed by atoms with Crippen molar-refractivity contribution < 1.29 is 14.7 Å². The number of carboxylic acids is 1. The highest BCUT2D eigenvalue weighted by molar-refractivity contribution is 5.76. The fourth-order valence-electron chi connectivity index (χ4n) is 2.81. The second-order valence-corrected chi connectivity index (χ2v) is 6.28. The minimum absolute atomic E-state index is 0.0731. The minimum atomic E-state index is -0.776. The van der Waals surface area contributed by atoms with Crippen LogP contribution < -0.4 is 0 Å². The van der Waals surface area contributed by atoms with Crippen LogP contribution >= 0.6 is 0 Å². The summed E-state index contributed by atoms with van der Waals surface area (Å²) in [5.74, 6) is -0.644. The van der Waals surface area contributed by atoms with E-state index in [1.807, 2.05) is 4.90 Å². The van der Waals surface area contributed by atoms with Crippen LogP contribution in [0.1, 0.15) is 6.42 Å². The van der Waals surface area contributed by atoms with Crippen molar-refractivity contribution >= 4 is 12.0 Å². The van der Waals surface area contributed by atoms with E-state index >= 15 is 0 Å². The van der Waals surface area contributed by atoms with Crippen molar-refractivity contribution in [1.29, 1.82) is 0 Å². The van der Waals surface area contributed by atoms with E-state index in [0.29, 0.717) is 13.1 Å². The lowest BCUT2D eigenvalue weighted by Crippen LogP contribution is -2.59. The molecular formula is C14H26N4O3. The van der Waals surface area contributed by atoms with Crippen molar-refractivity contribution in [2.75, 3.05) is 66.5 Å². The second-order valence-electron chi connectivity index (χ2n) is 6.28. The van der Waals surface area contributed by atoms with Gasteiger partial charge >= 0.3 is 12.0 Å². The van der Waals surface area contributed by atoms with Crippen LogP contribution in [0.25, 0.3) is 0 Å². The van der Waals surface area contributed by atoms with Crippen LogP contribution in [0.5, 0.6) is 0 Å². The van der Waals surface area contributed by atoms with Crippen molar-refractivity contribution in [1.82, 2.24) is 19.6 Å². The molecule has 0 radical (unpaired) electrons. The molecule has 2 aliphatic heterocycles. The van der Waals surface area contributed by atoms with E-state index in [1.54, 1.807) is 4.90 Å². The Hall–Kier alpha value is -1.34. The summed E-state index contributed by atoms with van der Waals surface area (Å²) in [7, 11) is 4.13. The number of nitrogens with zero attached hydrogens (tertiary/aromatic N) is 4. The zero-order chi connectivity index (χ0) is 15.4. The molecule has 0 unspecified atom stereocenters. The highest BCUT2D eigenvalue weighted by atomic mass is 16.4. The number of hydrogen-bond acceptors (Lipinski definition) is 4. The van der Waals surface area contributed by atoms with Gasteiger partial charge in [0.2, 0.25) is 0 Å². The third-order valence-corrected chi connectivity index (χ3v) is 4.20. The van der Waals surface area contributed by atoms with E-state index in [1.165, 1.54) is 0 Å². The predicted molar refractivity (Wildman–Crippen MR) is 79.3 cm³/mol. The van der Waals surface area contributed by atoms with Gasteiger partial charge in [-0.1, -0.05) is 0 Å². The van der Waals surface area contributed by atoms with Gasteiger partial charge in [-0.05, 0) is 14.1 Å². The molecule has 21 heavy (non-hydrogen) atoms. The Balaban J connectivity index is 1.66. The summed E-state index contributed by atoms with van der Waals surface area (Å²) in [6.07, 6.45) is 0.169. The van der Waals surface area contributed by atoms with Gasteiger partial charge in [-0.2, -0.15) is 0 Å². The summed E-state index contributed by atoms with van der Waals surface area (Å²) in [5, 5.41) is 8.72. The molecule has 0 spiro atoms. The number of carbonyl (C=O) groups excluding carboxylic acids is 1. The first-order chi connectivity index (χ1) is 9.95. The maximum Gasteiger partial charge on any atom is 0.320 e. The van der Waals surface area contributed by atoms with Crippen molar-refractivity contribution in [3.63, 3.8) is 0 Å². The normalized spacial score (nSPS) is 20.7. The van der Waals surface area contributed by atoms with Crippen LogP contribution in [0.15, 0.2) is 0 Å². The quantitative estimate of drug-likeness (QED) is 0.754. The molecule has 0 saturated carbocycles. The third kappa shape index (κ3) is 4.57. The highest BCUT2D eigenvalue weighted by Gasteiger charge is 2.35. The zero-order valence-corrected chi connectivity index (χ0v) is 13.0. The topological polar surface area (TPSA) is 67.3 Å². The highest BCUT2D eigenvalue weighted by Crippen LogP contribution is 2.21. The second kappa shape index (κ2) is 7.09. The Kier molecular flexibility index (Phi) is 5.41. The number of likely N-dealkylation sites (N-methyl/N-ethyl adjacent to an activating group) is 1. The van der Waals surface area contributed by atoms with E-state index in [4.69, 9.17) is 5.11 Å². The van der Waals surface area contributed by atoms with Crippen molar-refractivity contribution in [3.05, 3.63) is 0 Å². The van der Waals surface area contributed by atoms with Gasteiger partial charge < -0.3 is 19.8 Å². The number of carbonyl (C=O) groups is 2. The van der Waals surface area contributed by atoms with E-state index in [-0.39, 0.29) is 18.4 Å². The molecule has 0 aliphatic carbocycles. The first-order valence-electron chi connectivity index (χ1n) is 7.58. The van der Waals surface area contributed by atoms with E-state index in [2.05, 4.69) is 23.9 Å². The third-order valence-electron chi connectivity index (χ3n) is 4.20. The van der Waals surface area contributed by atoms with Crippen LogP contribution in [0, 0.1) is 5.92 Å². The van der Waals surface area contributed by atoms with Gasteiger partial charge in [0, 0.05) is 58.3 Å². The Bertz CT molecular complexity index is 374. The average molecular weight is 298 g/mol. The Labute approximate surface area is 126 Å². The molecular weight excluding hydrogens is 272 g/mol. The first kappa shape index (κ1) is 16.0. The van der Waals surface area contributed by atoms with Crippen LogP contribution in [0.4, 0.5) is 4.79 Å². The van der Waals surface area contributed by atoms with Gasteiger partial charge in [-0.3, -0.25) is 9.69 Å². The average Bonchev–Trinajstić information content (AvgIpc) is 2.39. The minimum Gasteiger partial charge on any atom is -0.481 e. The molecule has 0 aromatic rings. The molecule has 7 nitrogen and oxygen atoms in total. The van der Waals surface area contributed by atoms with E-state index in [9.17, 15) is 9.59 Å². The Morgan fingerprint density at radius 1 is 1.10 bits per heavy atom. The van der Waals surface area contributed by atoms with Crippen molar-refractivity contribution in [2.45, 2.75) is 6.42 Å². The molecule has 2 saturated heterocycles. The lowest BCUT2D eigenvalue weighted by atomic mass is 9.97. The van der Waals surface area contributed by atoms with E-state index < -0.39 is 5.97 Å². The van der Waals surface area contributed by atoms with Crippen LogP contribution in [-0.2, 0) is 4.79 Å². The molecule has 2 heterocycles. The molecule has 2 aliphatic rings. The lowest BCUT2D eigenvalue weighted by molar-refractivity contribution is -0.139. The van der Waals surface area contributed by atoms with Crippen molar-refractivity contribution in [3.8, 4) is 0 Å². The SMILES string of the molecule is CN(C)CCN1CCN(C(=O)N2CC(CC(=O)O)C2)CC1. The molecule has 2 rings (SSSR count). The monoisotopic (exact) mass is 298 g/mol. The van der Waals surface area contributed by atoms with E-state index in [0.717, 1.165) is 39.3 Å². The van der Waals surface area contributed by atoms with Crippen LogP contribution in [0.3, 0.4) is 0 Å². The molecule has 0 aromatic carbocycles. The van der Waals surface area contributed by atoms with Gasteiger partial charge in [0.25, 0.3) is 0 Å². The molecule has 1 N–H and O–H groups in total. The number of amides is 2. The molecule has 7 heteroatoms. The molecule has 2 fully saturated rings. The Morgan fingerprint density at radius 2 is 1.71 bits per heavy atom. The molecule has 120 valence electrons. The number of piperazine rings is 1. The van der Waals surface area contributed by atoms with Gasteiger partial charge in [0.1, 0.15) is 0 Å². The molecule has 0 atom stereocenters. The number of hydrogen-bond donors (Lipinski definition) is 1. The van der Waals surface area contributed by atoms with Crippen molar-refractivity contribution in [2.24, 2.45) is 5.92 Å². The summed E-state index contributed by atoms with van der Waals surface area (Å²) in [6.45, 7) is 6.64. The summed E-state index contributed by atoms with van der Waals surface area (Å²) >= 11 is 0. The summed E-state index contributed by atoms with van der Waals surface area (Å²) in [4.78, 5) is 31.1. The maximum absolute atomic E-state index is 12.3. The van der Waals surface area contributed by atoms with Gasteiger partial charge in [0.15, 0.2) is 0 Å². The summed E-state index contributed by atoms with van der Waals surface area (Å²) in [6, 6.07) is 0.0731. The zero-order valence-electron chi connectivity index (χ0n) is 13.0.